The SMILES string of the molecule is CC/C(C)=C(/C(C)N1CCC(N(C)C)CC1)N1C=CCC1. The van der Waals surface area contributed by atoms with Crippen molar-refractivity contribution in [1.29, 1.82) is 0 Å². The van der Waals surface area contributed by atoms with Gasteiger partial charge >= 0.3 is 0 Å². The summed E-state index contributed by atoms with van der Waals surface area (Å²) in [6.45, 7) is 10.6. The van der Waals surface area contributed by atoms with Gasteiger partial charge in [0.2, 0.25) is 0 Å². The molecule has 21 heavy (non-hydrogen) atoms. The Bertz CT molecular complexity index is 389. The van der Waals surface area contributed by atoms with Crippen LogP contribution < -0.4 is 0 Å². The lowest BCUT2D eigenvalue weighted by Crippen LogP contribution is -2.47. The van der Waals surface area contributed by atoms with Gasteiger partial charge in [-0.3, -0.25) is 4.90 Å². The van der Waals surface area contributed by atoms with Crippen LogP contribution in [0, 0.1) is 0 Å². The number of likely N-dealkylation sites (tertiary alicyclic amines) is 1. The van der Waals surface area contributed by atoms with Gasteiger partial charge in [-0.2, -0.15) is 0 Å². The highest BCUT2D eigenvalue weighted by atomic mass is 15.2. The van der Waals surface area contributed by atoms with E-state index in [0.29, 0.717) is 6.04 Å². The first kappa shape index (κ1) is 16.6. The van der Waals surface area contributed by atoms with Gasteiger partial charge in [0.25, 0.3) is 0 Å². The quantitative estimate of drug-likeness (QED) is 0.769. The van der Waals surface area contributed by atoms with Crippen LogP contribution in [0.15, 0.2) is 23.5 Å². The molecule has 0 saturated carbocycles. The van der Waals surface area contributed by atoms with Gasteiger partial charge in [0, 0.05) is 37.4 Å². The van der Waals surface area contributed by atoms with Crippen molar-refractivity contribution in [3.8, 4) is 0 Å². The predicted octanol–water partition coefficient (Wildman–Crippen LogP) is 3.30. The summed E-state index contributed by atoms with van der Waals surface area (Å²) in [4.78, 5) is 7.56. The van der Waals surface area contributed by atoms with Gasteiger partial charge in [0.15, 0.2) is 0 Å². The fourth-order valence-electron chi connectivity index (χ4n) is 3.68. The Labute approximate surface area is 131 Å². The highest BCUT2D eigenvalue weighted by Crippen LogP contribution is 2.27. The van der Waals surface area contributed by atoms with E-state index < -0.39 is 0 Å². The van der Waals surface area contributed by atoms with Crippen LogP contribution in [0.3, 0.4) is 0 Å². The van der Waals surface area contributed by atoms with E-state index in [4.69, 9.17) is 0 Å². The summed E-state index contributed by atoms with van der Waals surface area (Å²) in [5.41, 5.74) is 3.10. The average molecular weight is 291 g/mol. The standard InChI is InChI=1S/C18H33N3/c1-6-15(2)18(21-11-7-8-12-21)16(3)20-13-9-17(10-14-20)19(4)5/h7,11,16-17H,6,8-10,12-14H2,1-5H3/b18-15-. The molecule has 2 rings (SSSR count). The van der Waals surface area contributed by atoms with Gasteiger partial charge in [-0.25, -0.2) is 0 Å². The molecule has 1 atom stereocenters. The molecule has 0 aromatic heterocycles. The van der Waals surface area contributed by atoms with Crippen LogP contribution in [0.25, 0.3) is 0 Å². The largest absolute Gasteiger partial charge is 0.350 e. The van der Waals surface area contributed by atoms with Crippen molar-refractivity contribution >= 4 is 0 Å². The van der Waals surface area contributed by atoms with Crippen LogP contribution in [-0.2, 0) is 0 Å². The van der Waals surface area contributed by atoms with Gasteiger partial charge < -0.3 is 9.80 Å². The number of allylic oxidation sites excluding steroid dienone is 1. The monoisotopic (exact) mass is 291 g/mol. The van der Waals surface area contributed by atoms with Crippen LogP contribution in [0.5, 0.6) is 0 Å². The zero-order valence-corrected chi connectivity index (χ0v) is 14.6. The summed E-state index contributed by atoms with van der Waals surface area (Å²) in [7, 11) is 4.43. The molecule has 3 nitrogen and oxygen atoms in total. The molecule has 0 amide bonds. The molecule has 2 aliphatic rings. The number of hydrogen-bond acceptors (Lipinski definition) is 3. The molecule has 0 aromatic rings. The Balaban J connectivity index is 2.06. The zero-order valence-electron chi connectivity index (χ0n) is 14.6. The first-order valence-corrected chi connectivity index (χ1v) is 8.58. The highest BCUT2D eigenvalue weighted by Gasteiger charge is 2.28. The molecule has 0 N–H and O–H groups in total. The van der Waals surface area contributed by atoms with Crippen molar-refractivity contribution in [2.45, 2.75) is 58.5 Å². The molecule has 2 heterocycles. The summed E-state index contributed by atoms with van der Waals surface area (Å²) in [5.74, 6) is 0. The van der Waals surface area contributed by atoms with E-state index in [9.17, 15) is 0 Å². The van der Waals surface area contributed by atoms with Gasteiger partial charge in [-0.15, -0.1) is 0 Å². The van der Waals surface area contributed by atoms with Crippen molar-refractivity contribution < 1.29 is 0 Å². The van der Waals surface area contributed by atoms with E-state index in [-0.39, 0.29) is 0 Å². The number of nitrogens with zero attached hydrogens (tertiary/aromatic N) is 3. The van der Waals surface area contributed by atoms with Gasteiger partial charge in [0.05, 0.1) is 0 Å². The molecule has 1 unspecified atom stereocenters. The summed E-state index contributed by atoms with van der Waals surface area (Å²) >= 11 is 0. The lowest BCUT2D eigenvalue weighted by molar-refractivity contribution is 0.117. The first-order valence-electron chi connectivity index (χ1n) is 8.58. The van der Waals surface area contributed by atoms with Crippen molar-refractivity contribution in [2.75, 3.05) is 33.7 Å². The molecule has 0 radical (unpaired) electrons. The van der Waals surface area contributed by atoms with Crippen LogP contribution >= 0.6 is 0 Å². The summed E-state index contributed by atoms with van der Waals surface area (Å²) in [5, 5.41) is 0. The summed E-state index contributed by atoms with van der Waals surface area (Å²) in [6, 6.07) is 1.30. The Hall–Kier alpha value is -0.800. The minimum absolute atomic E-state index is 0.538. The van der Waals surface area contributed by atoms with Gasteiger partial charge in [0.1, 0.15) is 0 Å². The minimum Gasteiger partial charge on any atom is -0.350 e. The fourth-order valence-corrected chi connectivity index (χ4v) is 3.68. The summed E-state index contributed by atoms with van der Waals surface area (Å²) < 4.78 is 0. The van der Waals surface area contributed by atoms with Crippen molar-refractivity contribution in [1.82, 2.24) is 14.7 Å². The van der Waals surface area contributed by atoms with Gasteiger partial charge in [-0.05, 0) is 59.8 Å². The molecule has 1 fully saturated rings. The first-order chi connectivity index (χ1) is 10.0. The molecular formula is C18H33N3. The van der Waals surface area contributed by atoms with Crippen LogP contribution in [0.1, 0.15) is 46.5 Å². The number of rotatable bonds is 5. The number of hydrogen-bond donors (Lipinski definition) is 0. The van der Waals surface area contributed by atoms with E-state index in [0.717, 1.165) is 19.0 Å². The predicted molar refractivity (Wildman–Crippen MR) is 91.2 cm³/mol. The third-order valence-corrected chi connectivity index (χ3v) is 5.27. The minimum atomic E-state index is 0.538. The Morgan fingerprint density at radius 2 is 1.90 bits per heavy atom. The second-order valence-corrected chi connectivity index (χ2v) is 6.79. The van der Waals surface area contributed by atoms with Crippen LogP contribution in [-0.4, -0.2) is 60.5 Å². The van der Waals surface area contributed by atoms with E-state index >= 15 is 0 Å². The topological polar surface area (TPSA) is 9.72 Å². The molecule has 0 spiro atoms. The highest BCUT2D eigenvalue weighted by molar-refractivity contribution is 5.21. The van der Waals surface area contributed by atoms with Crippen molar-refractivity contribution in [3.05, 3.63) is 23.5 Å². The van der Waals surface area contributed by atoms with E-state index in [1.165, 1.54) is 32.4 Å². The zero-order chi connectivity index (χ0) is 15.4. The fraction of sp³-hybridized carbons (Fsp3) is 0.778. The molecule has 1 saturated heterocycles. The third-order valence-electron chi connectivity index (χ3n) is 5.27. The number of piperidine rings is 1. The molecule has 2 aliphatic heterocycles. The van der Waals surface area contributed by atoms with E-state index in [1.807, 2.05) is 0 Å². The van der Waals surface area contributed by atoms with Crippen LogP contribution in [0.2, 0.25) is 0 Å². The maximum absolute atomic E-state index is 2.68. The van der Waals surface area contributed by atoms with Crippen molar-refractivity contribution in [3.63, 3.8) is 0 Å². The third kappa shape index (κ3) is 3.89. The summed E-state index contributed by atoms with van der Waals surface area (Å²) in [6.07, 6.45) is 9.52. The Morgan fingerprint density at radius 1 is 1.24 bits per heavy atom. The molecule has 0 bridgehead atoms. The van der Waals surface area contributed by atoms with E-state index in [1.54, 1.807) is 11.3 Å². The molecular weight excluding hydrogens is 258 g/mol. The normalized spacial score (nSPS) is 23.8. The lowest BCUT2D eigenvalue weighted by atomic mass is 9.99. The maximum atomic E-state index is 2.68. The van der Waals surface area contributed by atoms with Gasteiger partial charge in [-0.1, -0.05) is 18.6 Å². The smallest absolute Gasteiger partial charge is 0.0471 e. The molecule has 0 aromatic carbocycles. The Kier molecular flexibility index (Phi) is 5.88. The molecule has 120 valence electrons. The van der Waals surface area contributed by atoms with Crippen molar-refractivity contribution in [2.24, 2.45) is 0 Å². The second-order valence-electron chi connectivity index (χ2n) is 6.79. The van der Waals surface area contributed by atoms with Crippen LogP contribution in [0.4, 0.5) is 0 Å². The maximum Gasteiger partial charge on any atom is 0.0471 e. The lowest BCUT2D eigenvalue weighted by Gasteiger charge is -2.41. The molecule has 0 aliphatic carbocycles. The Morgan fingerprint density at radius 3 is 2.38 bits per heavy atom. The van der Waals surface area contributed by atoms with E-state index in [2.05, 4.69) is 61.8 Å². The molecule has 3 heteroatoms. The second kappa shape index (κ2) is 7.46. The average Bonchev–Trinajstić information content (AvgIpc) is 3.01.